The maximum absolute atomic E-state index is 13.0. The molecule has 0 aromatic heterocycles. The number of nitrogens with one attached hydrogen (secondary N) is 3. The van der Waals surface area contributed by atoms with E-state index in [2.05, 4.69) is 21.1 Å². The molecule has 168 valence electrons. The molecular formula is C21H24N6O4S. The van der Waals surface area contributed by atoms with Gasteiger partial charge in [0.1, 0.15) is 17.8 Å². The van der Waals surface area contributed by atoms with Gasteiger partial charge in [-0.3, -0.25) is 15.1 Å². The highest BCUT2D eigenvalue weighted by Gasteiger charge is 2.32. The van der Waals surface area contributed by atoms with Crippen molar-refractivity contribution in [3.63, 3.8) is 0 Å². The van der Waals surface area contributed by atoms with Crippen LogP contribution in [0.4, 0.5) is 5.69 Å². The second-order valence-electron chi connectivity index (χ2n) is 7.82. The zero-order valence-electron chi connectivity index (χ0n) is 17.5. The Labute approximate surface area is 186 Å². The van der Waals surface area contributed by atoms with Crippen LogP contribution in [0.15, 0.2) is 52.4 Å². The molecule has 1 amide bonds. The van der Waals surface area contributed by atoms with Crippen LogP contribution in [0.2, 0.25) is 0 Å². The number of ether oxygens (including phenoxy) is 1. The van der Waals surface area contributed by atoms with Crippen LogP contribution in [-0.2, 0) is 10.0 Å². The first kappa shape index (κ1) is 20.9. The number of amides is 1. The first-order chi connectivity index (χ1) is 15.5. The minimum Gasteiger partial charge on any atom is -0.497 e. The summed E-state index contributed by atoms with van der Waals surface area (Å²) < 4.78 is 32.5. The lowest BCUT2D eigenvalue weighted by Gasteiger charge is -2.36. The lowest BCUT2D eigenvalue weighted by Crippen LogP contribution is -2.51. The van der Waals surface area contributed by atoms with Gasteiger partial charge in [-0.25, -0.2) is 18.8 Å². The number of amidine groups is 1. The maximum atomic E-state index is 13.0. The van der Waals surface area contributed by atoms with Crippen molar-refractivity contribution in [2.75, 3.05) is 45.2 Å². The third-order valence-electron chi connectivity index (χ3n) is 5.91. The molecule has 1 atom stereocenters. The van der Waals surface area contributed by atoms with Gasteiger partial charge in [0.25, 0.3) is 5.91 Å². The highest BCUT2D eigenvalue weighted by molar-refractivity contribution is 7.89. The molecule has 0 aliphatic carbocycles. The summed E-state index contributed by atoms with van der Waals surface area (Å²) in [6, 6.07) is 12.0. The highest BCUT2D eigenvalue weighted by Crippen LogP contribution is 2.33. The van der Waals surface area contributed by atoms with E-state index < -0.39 is 10.0 Å². The molecule has 32 heavy (non-hydrogen) atoms. The molecule has 1 saturated heterocycles. The summed E-state index contributed by atoms with van der Waals surface area (Å²) in [6.45, 7) is 2.56. The Morgan fingerprint density at radius 2 is 1.84 bits per heavy atom. The molecule has 3 aliphatic rings. The number of carbonyl (C=O) groups is 1. The molecule has 3 heterocycles. The average molecular weight is 457 g/mol. The van der Waals surface area contributed by atoms with Gasteiger partial charge in [-0.2, -0.15) is 4.31 Å². The molecular weight excluding hydrogens is 432 g/mol. The Morgan fingerprint density at radius 1 is 1.09 bits per heavy atom. The van der Waals surface area contributed by atoms with E-state index in [0.29, 0.717) is 44.0 Å². The number of aliphatic imine (C=N–C) groups is 1. The van der Waals surface area contributed by atoms with E-state index in [-0.39, 0.29) is 17.0 Å². The van der Waals surface area contributed by atoms with Crippen LogP contribution in [0.25, 0.3) is 0 Å². The van der Waals surface area contributed by atoms with Gasteiger partial charge in [-0.05, 0) is 36.4 Å². The topological polar surface area (TPSA) is 115 Å². The summed E-state index contributed by atoms with van der Waals surface area (Å²) in [7, 11) is -2.00. The van der Waals surface area contributed by atoms with Gasteiger partial charge >= 0.3 is 0 Å². The van der Waals surface area contributed by atoms with Crippen molar-refractivity contribution in [3.05, 3.63) is 53.6 Å². The maximum Gasteiger partial charge on any atom is 0.265 e. The first-order valence-electron chi connectivity index (χ1n) is 10.3. The third-order valence-corrected chi connectivity index (χ3v) is 7.83. The van der Waals surface area contributed by atoms with Crippen molar-refractivity contribution >= 4 is 27.5 Å². The van der Waals surface area contributed by atoms with Crippen LogP contribution in [0.5, 0.6) is 5.75 Å². The second kappa shape index (κ2) is 8.17. The van der Waals surface area contributed by atoms with Crippen LogP contribution in [0, 0.1) is 0 Å². The van der Waals surface area contributed by atoms with Gasteiger partial charge in [0.05, 0.1) is 18.6 Å². The van der Waals surface area contributed by atoms with Crippen LogP contribution in [0.3, 0.4) is 0 Å². The zero-order valence-corrected chi connectivity index (χ0v) is 18.4. The molecule has 11 heteroatoms. The number of hydrazine groups is 1. The molecule has 0 saturated carbocycles. The molecule has 0 bridgehead atoms. The number of sulfonamides is 1. The molecule has 2 aromatic carbocycles. The summed E-state index contributed by atoms with van der Waals surface area (Å²) in [4.78, 5) is 19.2. The van der Waals surface area contributed by atoms with Crippen molar-refractivity contribution < 1.29 is 17.9 Å². The molecule has 0 radical (unpaired) electrons. The largest absolute Gasteiger partial charge is 0.497 e. The number of methoxy groups -OCH3 is 1. The smallest absolute Gasteiger partial charge is 0.265 e. The van der Waals surface area contributed by atoms with Crippen molar-refractivity contribution in [2.24, 2.45) is 4.99 Å². The fourth-order valence-corrected chi connectivity index (χ4v) is 5.62. The van der Waals surface area contributed by atoms with Crippen molar-refractivity contribution in [1.29, 1.82) is 0 Å². The summed E-state index contributed by atoms with van der Waals surface area (Å²) in [5.74, 6) is 1.22. The summed E-state index contributed by atoms with van der Waals surface area (Å²) in [5.41, 5.74) is 7.91. The molecule has 2 aromatic rings. The van der Waals surface area contributed by atoms with E-state index in [1.54, 1.807) is 37.4 Å². The van der Waals surface area contributed by atoms with Crippen molar-refractivity contribution in [1.82, 2.24) is 20.1 Å². The number of anilines is 1. The number of carbonyl (C=O) groups excluding carboxylic acids is 1. The van der Waals surface area contributed by atoms with Crippen molar-refractivity contribution in [3.8, 4) is 5.75 Å². The van der Waals surface area contributed by atoms with Gasteiger partial charge < -0.3 is 10.1 Å². The number of hydrogen-bond donors (Lipinski definition) is 3. The molecule has 5 rings (SSSR count). The molecule has 1 fully saturated rings. The Morgan fingerprint density at radius 3 is 2.56 bits per heavy atom. The number of piperazine rings is 1. The monoisotopic (exact) mass is 456 g/mol. The van der Waals surface area contributed by atoms with Crippen LogP contribution < -0.4 is 20.9 Å². The van der Waals surface area contributed by atoms with Gasteiger partial charge in [0, 0.05) is 43.0 Å². The van der Waals surface area contributed by atoms with Gasteiger partial charge in [-0.15, -0.1) is 0 Å². The van der Waals surface area contributed by atoms with E-state index >= 15 is 0 Å². The van der Waals surface area contributed by atoms with E-state index in [4.69, 9.17) is 9.73 Å². The van der Waals surface area contributed by atoms with E-state index in [0.717, 1.165) is 17.1 Å². The standard InChI is InChI=1S/C21H24N6O4S/c1-31-14-5-7-15(8-6-14)32(29,30)27-11-9-26(10-12-27)13-18-22-17-4-2-3-16-19(17)20(23-18)24-25-21(16)28/h2-8,20,24H,9-13H2,1H3,(H,22,23)(H,25,28). The first-order valence-corrected chi connectivity index (χ1v) is 11.8. The summed E-state index contributed by atoms with van der Waals surface area (Å²) in [5, 5.41) is 3.33. The fraction of sp³-hybridized carbons (Fsp3) is 0.333. The normalized spacial score (nSPS) is 21.2. The minimum atomic E-state index is -3.54. The zero-order chi connectivity index (χ0) is 22.3. The summed E-state index contributed by atoms with van der Waals surface area (Å²) in [6.07, 6.45) is -0.341. The molecule has 1 unspecified atom stereocenters. The summed E-state index contributed by atoms with van der Waals surface area (Å²) >= 11 is 0. The predicted molar refractivity (Wildman–Crippen MR) is 119 cm³/mol. The Kier molecular flexibility index (Phi) is 5.33. The van der Waals surface area contributed by atoms with Gasteiger partial charge in [-0.1, -0.05) is 6.07 Å². The minimum absolute atomic E-state index is 0.173. The fourth-order valence-electron chi connectivity index (χ4n) is 4.20. The van der Waals surface area contributed by atoms with Gasteiger partial charge in [0.15, 0.2) is 0 Å². The Bertz CT molecular complexity index is 1170. The van der Waals surface area contributed by atoms with Crippen molar-refractivity contribution in [2.45, 2.75) is 11.1 Å². The molecule has 3 aliphatic heterocycles. The van der Waals surface area contributed by atoms with E-state index in [1.165, 1.54) is 4.31 Å². The highest BCUT2D eigenvalue weighted by atomic mass is 32.2. The number of nitrogens with zero attached hydrogens (tertiary/aromatic N) is 3. The average Bonchev–Trinajstić information content (AvgIpc) is 2.82. The lowest BCUT2D eigenvalue weighted by molar-refractivity contribution is 0.0908. The van der Waals surface area contributed by atoms with E-state index in [9.17, 15) is 13.2 Å². The molecule has 3 N–H and O–H groups in total. The van der Waals surface area contributed by atoms with E-state index in [1.807, 2.05) is 12.1 Å². The Hall–Kier alpha value is -2.99. The molecule has 10 nitrogen and oxygen atoms in total. The SMILES string of the molecule is COc1ccc(S(=O)(=O)N2CCN(CC3=NC4NNC(=O)c5cccc(c54)N3)CC2)cc1. The lowest BCUT2D eigenvalue weighted by atomic mass is 9.99. The third kappa shape index (κ3) is 3.73. The number of benzene rings is 2. The second-order valence-corrected chi connectivity index (χ2v) is 9.76. The Balaban J connectivity index is 1.24. The molecule has 0 spiro atoms. The van der Waals surface area contributed by atoms with Crippen LogP contribution in [-0.4, -0.2) is 69.2 Å². The quantitative estimate of drug-likeness (QED) is 0.609. The van der Waals surface area contributed by atoms with Crippen LogP contribution in [0.1, 0.15) is 22.1 Å². The predicted octanol–water partition coefficient (Wildman–Crippen LogP) is 0.772. The number of rotatable bonds is 5. The number of hydrogen-bond acceptors (Lipinski definition) is 8. The van der Waals surface area contributed by atoms with Gasteiger partial charge in [0.2, 0.25) is 10.0 Å². The van der Waals surface area contributed by atoms with Crippen LogP contribution >= 0.6 is 0 Å².